The molecule has 0 aliphatic rings. The number of carbonyl (C=O) groups excluding carboxylic acids is 1. The molecule has 5 aromatic rings. The van der Waals surface area contributed by atoms with Crippen LogP contribution >= 0.6 is 11.6 Å². The first-order valence-electron chi connectivity index (χ1n) is 10.4. The highest BCUT2D eigenvalue weighted by Crippen LogP contribution is 2.39. The summed E-state index contributed by atoms with van der Waals surface area (Å²) in [6.07, 6.45) is 0. The zero-order chi connectivity index (χ0) is 23.8. The first-order valence-corrected chi connectivity index (χ1v) is 10.8. The Balaban J connectivity index is 1.64. The number of azo groups is 1. The van der Waals surface area contributed by atoms with E-state index in [1.165, 1.54) is 0 Å². The summed E-state index contributed by atoms with van der Waals surface area (Å²) in [5, 5.41) is 20.3. The lowest BCUT2D eigenvalue weighted by Crippen LogP contribution is -1.99. The summed E-state index contributed by atoms with van der Waals surface area (Å²) < 4.78 is 6.90. The molecule has 7 nitrogen and oxygen atoms in total. The van der Waals surface area contributed by atoms with Gasteiger partial charge in [-0.15, -0.1) is 10.2 Å². The number of benzene rings is 3. The van der Waals surface area contributed by atoms with E-state index in [-0.39, 0.29) is 11.6 Å². The number of hydrogen-bond donors (Lipinski definition) is 1. The number of aromatic hydroxyl groups is 1. The number of aromatic nitrogens is 2. The number of fused-ring (bicyclic) bond motifs is 2. The molecular formula is C26H19ClN4O3. The van der Waals surface area contributed by atoms with Crippen LogP contribution in [0.1, 0.15) is 10.4 Å². The van der Waals surface area contributed by atoms with E-state index >= 15 is 0 Å². The van der Waals surface area contributed by atoms with Gasteiger partial charge in [-0.05, 0) is 42.5 Å². The van der Waals surface area contributed by atoms with Gasteiger partial charge in [0.15, 0.2) is 5.69 Å². The molecule has 0 aliphatic heterocycles. The Morgan fingerprint density at radius 1 is 1.03 bits per heavy atom. The first-order chi connectivity index (χ1) is 16.5. The van der Waals surface area contributed by atoms with Gasteiger partial charge in [-0.1, -0.05) is 41.9 Å². The van der Waals surface area contributed by atoms with Gasteiger partial charge in [-0.25, -0.2) is 4.98 Å². The molecule has 0 atom stereocenters. The van der Waals surface area contributed by atoms with Crippen LogP contribution in [0.3, 0.4) is 0 Å². The fourth-order valence-corrected chi connectivity index (χ4v) is 4.07. The van der Waals surface area contributed by atoms with Crippen molar-refractivity contribution in [2.45, 2.75) is 0 Å². The minimum Gasteiger partial charge on any atom is -0.497 e. The van der Waals surface area contributed by atoms with E-state index in [2.05, 4.69) is 10.2 Å². The Morgan fingerprint density at radius 2 is 1.82 bits per heavy atom. The lowest BCUT2D eigenvalue weighted by molar-refractivity contribution is 0.0996. The lowest BCUT2D eigenvalue weighted by atomic mass is 10.0. The lowest BCUT2D eigenvalue weighted by Gasteiger charge is -2.09. The normalized spacial score (nSPS) is 11.5. The van der Waals surface area contributed by atoms with Gasteiger partial charge in [0, 0.05) is 28.4 Å². The van der Waals surface area contributed by atoms with Gasteiger partial charge in [0.1, 0.15) is 5.75 Å². The van der Waals surface area contributed by atoms with E-state index in [1.54, 1.807) is 61.2 Å². The van der Waals surface area contributed by atoms with Crippen LogP contribution in [-0.2, 0) is 7.05 Å². The Labute approximate surface area is 199 Å². The van der Waals surface area contributed by atoms with Crippen molar-refractivity contribution in [2.24, 2.45) is 17.3 Å². The van der Waals surface area contributed by atoms with E-state index in [1.807, 2.05) is 30.3 Å². The third-order valence-electron chi connectivity index (χ3n) is 5.66. The number of ether oxygens (including phenoxy) is 1. The highest BCUT2D eigenvalue weighted by Gasteiger charge is 2.18. The molecule has 5 rings (SSSR count). The SMILES string of the molecule is COc1ccc2nc(-c3ccccc3)cc(C(=O)N=Nc3c(O)n(C)c4ccc(Cl)cc34)c2c1. The van der Waals surface area contributed by atoms with Gasteiger partial charge < -0.3 is 14.4 Å². The minimum atomic E-state index is -0.573. The molecule has 0 spiro atoms. The van der Waals surface area contributed by atoms with Gasteiger partial charge in [0.2, 0.25) is 5.88 Å². The second-order valence-corrected chi connectivity index (χ2v) is 8.14. The van der Waals surface area contributed by atoms with Crippen molar-refractivity contribution >= 4 is 45.0 Å². The van der Waals surface area contributed by atoms with Crippen LogP contribution in [0.15, 0.2) is 83.0 Å². The van der Waals surface area contributed by atoms with Gasteiger partial charge in [0.25, 0.3) is 5.91 Å². The average molecular weight is 471 g/mol. The summed E-state index contributed by atoms with van der Waals surface area (Å²) in [6, 6.07) is 21.8. The van der Waals surface area contributed by atoms with Crippen LogP contribution in [0.4, 0.5) is 5.69 Å². The second-order valence-electron chi connectivity index (χ2n) is 7.70. The molecule has 0 aliphatic carbocycles. The van der Waals surface area contributed by atoms with Gasteiger partial charge in [0.05, 0.1) is 29.4 Å². The van der Waals surface area contributed by atoms with E-state index in [4.69, 9.17) is 21.3 Å². The summed E-state index contributed by atoms with van der Waals surface area (Å²) in [5.41, 5.74) is 3.34. The van der Waals surface area contributed by atoms with E-state index in [9.17, 15) is 9.90 Å². The molecule has 0 saturated heterocycles. The van der Waals surface area contributed by atoms with Crippen molar-refractivity contribution in [2.75, 3.05) is 7.11 Å². The number of rotatable bonds is 4. The maximum atomic E-state index is 13.3. The van der Waals surface area contributed by atoms with Gasteiger partial charge in [-0.2, -0.15) is 0 Å². The molecule has 0 radical (unpaired) electrons. The number of amides is 1. The number of pyridine rings is 1. The molecule has 0 saturated carbocycles. The second kappa shape index (κ2) is 8.61. The smallest absolute Gasteiger partial charge is 0.296 e. The van der Waals surface area contributed by atoms with Crippen LogP contribution in [0.25, 0.3) is 33.1 Å². The maximum absolute atomic E-state index is 13.3. The Bertz CT molecular complexity index is 1590. The average Bonchev–Trinajstić information content (AvgIpc) is 3.10. The number of methoxy groups -OCH3 is 1. The van der Waals surface area contributed by atoms with Gasteiger partial charge in [-0.3, -0.25) is 4.79 Å². The quantitative estimate of drug-likeness (QED) is 0.296. The van der Waals surface area contributed by atoms with Gasteiger partial charge >= 0.3 is 0 Å². The molecule has 0 bridgehead atoms. The van der Waals surface area contributed by atoms with Crippen LogP contribution < -0.4 is 4.74 Å². The molecule has 0 fully saturated rings. The highest BCUT2D eigenvalue weighted by molar-refractivity contribution is 6.31. The first kappa shape index (κ1) is 21.6. The monoisotopic (exact) mass is 470 g/mol. The summed E-state index contributed by atoms with van der Waals surface area (Å²) in [7, 11) is 3.25. The van der Waals surface area contributed by atoms with Crippen molar-refractivity contribution < 1.29 is 14.6 Å². The maximum Gasteiger partial charge on any atom is 0.296 e. The number of nitrogens with zero attached hydrogens (tertiary/aromatic N) is 4. The van der Waals surface area contributed by atoms with E-state index in [0.29, 0.717) is 43.8 Å². The summed E-state index contributed by atoms with van der Waals surface area (Å²) >= 11 is 6.13. The fraction of sp³-hybridized carbons (Fsp3) is 0.0769. The molecule has 2 aromatic heterocycles. The summed E-state index contributed by atoms with van der Waals surface area (Å²) in [5.74, 6) is -0.0922. The van der Waals surface area contributed by atoms with E-state index in [0.717, 1.165) is 5.56 Å². The van der Waals surface area contributed by atoms with Crippen LogP contribution in [-0.4, -0.2) is 27.7 Å². The predicted molar refractivity (Wildman–Crippen MR) is 132 cm³/mol. The number of carbonyl (C=O) groups is 1. The Kier molecular flexibility index (Phi) is 5.47. The predicted octanol–water partition coefficient (Wildman–Crippen LogP) is 6.69. The van der Waals surface area contributed by atoms with Crippen molar-refractivity contribution in [1.29, 1.82) is 0 Å². The number of halogens is 1. The topological polar surface area (TPSA) is 89.1 Å². The molecule has 3 aromatic carbocycles. The zero-order valence-electron chi connectivity index (χ0n) is 18.4. The van der Waals surface area contributed by atoms with Crippen molar-refractivity contribution in [1.82, 2.24) is 9.55 Å². The number of hydrogen-bond acceptors (Lipinski definition) is 5. The minimum absolute atomic E-state index is 0.111. The molecule has 168 valence electrons. The summed E-state index contributed by atoms with van der Waals surface area (Å²) in [4.78, 5) is 18.0. The molecule has 0 unspecified atom stereocenters. The Morgan fingerprint density at radius 3 is 2.59 bits per heavy atom. The van der Waals surface area contributed by atoms with Crippen LogP contribution in [0.2, 0.25) is 5.02 Å². The standard InChI is InChI=1S/C26H19ClN4O3/c1-31-23-11-8-16(27)12-20(23)24(26(31)33)29-30-25(32)19-14-22(15-6-4-3-5-7-15)28-21-10-9-17(34-2)13-18(19)21/h3-14,33H,1-2H3. The molecule has 8 heteroatoms. The molecule has 1 N–H and O–H groups in total. The molecule has 34 heavy (non-hydrogen) atoms. The van der Waals surface area contributed by atoms with Crippen LogP contribution in [0, 0.1) is 0 Å². The molecule has 1 amide bonds. The number of aryl methyl sites for hydroxylation is 1. The van der Waals surface area contributed by atoms with Crippen LogP contribution in [0.5, 0.6) is 11.6 Å². The fourth-order valence-electron chi connectivity index (χ4n) is 3.90. The van der Waals surface area contributed by atoms with Crippen molar-refractivity contribution in [3.05, 3.63) is 83.4 Å². The largest absolute Gasteiger partial charge is 0.497 e. The van der Waals surface area contributed by atoms with Crippen molar-refractivity contribution in [3.8, 4) is 22.9 Å². The molecular weight excluding hydrogens is 452 g/mol. The van der Waals surface area contributed by atoms with Crippen molar-refractivity contribution in [3.63, 3.8) is 0 Å². The Hall–Kier alpha value is -4.23. The zero-order valence-corrected chi connectivity index (χ0v) is 19.1. The highest BCUT2D eigenvalue weighted by atomic mass is 35.5. The third-order valence-corrected chi connectivity index (χ3v) is 5.90. The molecule has 2 heterocycles. The summed E-state index contributed by atoms with van der Waals surface area (Å²) in [6.45, 7) is 0. The van der Waals surface area contributed by atoms with E-state index < -0.39 is 5.91 Å². The third kappa shape index (κ3) is 3.76.